The highest BCUT2D eigenvalue weighted by Gasteiger charge is 2.02. The number of rotatable bonds is 2. The molecule has 1 aromatic heterocycles. The molecular formula is C12H11N3. The van der Waals surface area contributed by atoms with Crippen molar-refractivity contribution in [2.75, 3.05) is 0 Å². The van der Waals surface area contributed by atoms with Crippen LogP contribution >= 0.6 is 0 Å². The zero-order chi connectivity index (χ0) is 10.7. The molecule has 2 aromatic rings. The molecule has 3 nitrogen and oxygen atoms in total. The second-order valence-corrected chi connectivity index (χ2v) is 3.23. The first-order valence-electron chi connectivity index (χ1n) is 4.88. The van der Waals surface area contributed by atoms with Crippen LogP contribution in [0, 0.1) is 11.3 Å². The van der Waals surface area contributed by atoms with E-state index < -0.39 is 0 Å². The molecule has 0 atom stereocenters. The minimum Gasteiger partial charge on any atom is -0.304 e. The van der Waals surface area contributed by atoms with E-state index in [0.29, 0.717) is 5.56 Å². The van der Waals surface area contributed by atoms with Crippen molar-refractivity contribution in [2.45, 2.75) is 13.3 Å². The molecule has 0 unspecified atom stereocenters. The maximum Gasteiger partial charge on any atom is 0.112 e. The summed E-state index contributed by atoms with van der Waals surface area (Å²) in [5, 5.41) is 8.81. The Morgan fingerprint density at radius 3 is 3.07 bits per heavy atom. The molecule has 1 aromatic carbocycles. The van der Waals surface area contributed by atoms with Gasteiger partial charge in [-0.05, 0) is 18.2 Å². The van der Waals surface area contributed by atoms with Crippen LogP contribution < -0.4 is 0 Å². The Hall–Kier alpha value is -2.08. The maximum absolute atomic E-state index is 8.81. The summed E-state index contributed by atoms with van der Waals surface area (Å²) >= 11 is 0. The zero-order valence-electron chi connectivity index (χ0n) is 8.51. The van der Waals surface area contributed by atoms with Crippen molar-refractivity contribution in [3.63, 3.8) is 0 Å². The van der Waals surface area contributed by atoms with Gasteiger partial charge < -0.3 is 4.57 Å². The fourth-order valence-electron chi connectivity index (χ4n) is 1.56. The second-order valence-electron chi connectivity index (χ2n) is 3.23. The van der Waals surface area contributed by atoms with E-state index in [1.165, 1.54) is 0 Å². The van der Waals surface area contributed by atoms with Gasteiger partial charge in [-0.2, -0.15) is 5.26 Å². The summed E-state index contributed by atoms with van der Waals surface area (Å²) in [6, 6.07) is 9.65. The largest absolute Gasteiger partial charge is 0.304 e. The van der Waals surface area contributed by atoms with Crippen molar-refractivity contribution < 1.29 is 0 Å². The van der Waals surface area contributed by atoms with Crippen molar-refractivity contribution in [3.05, 3.63) is 48.0 Å². The molecule has 0 saturated heterocycles. The third kappa shape index (κ3) is 1.75. The molecule has 0 saturated carbocycles. The van der Waals surface area contributed by atoms with Crippen molar-refractivity contribution in [3.8, 4) is 11.8 Å². The fraction of sp³-hybridized carbons (Fsp3) is 0.167. The summed E-state index contributed by atoms with van der Waals surface area (Å²) in [5.74, 6) is 1.00. The van der Waals surface area contributed by atoms with Gasteiger partial charge in [0.05, 0.1) is 11.6 Å². The van der Waals surface area contributed by atoms with Crippen LogP contribution in [-0.2, 0) is 6.42 Å². The van der Waals surface area contributed by atoms with Gasteiger partial charge >= 0.3 is 0 Å². The molecule has 15 heavy (non-hydrogen) atoms. The summed E-state index contributed by atoms with van der Waals surface area (Å²) < 4.78 is 2.00. The van der Waals surface area contributed by atoms with Crippen LogP contribution in [0.4, 0.5) is 0 Å². The van der Waals surface area contributed by atoms with E-state index in [-0.39, 0.29) is 0 Å². The molecule has 3 heteroatoms. The first-order valence-corrected chi connectivity index (χ1v) is 4.88. The molecule has 0 fully saturated rings. The number of hydrogen-bond acceptors (Lipinski definition) is 2. The maximum atomic E-state index is 8.81. The summed E-state index contributed by atoms with van der Waals surface area (Å²) in [4.78, 5) is 4.25. The molecule has 0 aliphatic rings. The smallest absolute Gasteiger partial charge is 0.112 e. The SMILES string of the molecule is CCc1nccn1-c1cccc(C#N)c1. The van der Waals surface area contributed by atoms with Crippen LogP contribution in [0.2, 0.25) is 0 Å². The van der Waals surface area contributed by atoms with Crippen LogP contribution in [0.3, 0.4) is 0 Å². The molecule has 0 N–H and O–H groups in total. The lowest BCUT2D eigenvalue weighted by atomic mass is 10.2. The van der Waals surface area contributed by atoms with Gasteiger partial charge in [0.15, 0.2) is 0 Å². The highest BCUT2D eigenvalue weighted by Crippen LogP contribution is 2.12. The zero-order valence-corrected chi connectivity index (χ0v) is 8.51. The van der Waals surface area contributed by atoms with Crippen molar-refractivity contribution in [2.24, 2.45) is 0 Å². The summed E-state index contributed by atoms with van der Waals surface area (Å²) in [5.41, 5.74) is 1.66. The molecule has 0 aliphatic carbocycles. The average molecular weight is 197 g/mol. The van der Waals surface area contributed by atoms with E-state index in [4.69, 9.17) is 5.26 Å². The van der Waals surface area contributed by atoms with Crippen LogP contribution in [-0.4, -0.2) is 9.55 Å². The Labute approximate surface area is 88.6 Å². The van der Waals surface area contributed by atoms with Crippen LogP contribution in [0.1, 0.15) is 18.3 Å². The summed E-state index contributed by atoms with van der Waals surface area (Å²) in [6.45, 7) is 2.06. The highest BCUT2D eigenvalue weighted by molar-refractivity contribution is 5.41. The standard InChI is InChI=1S/C12H11N3/c1-2-12-14-6-7-15(12)11-5-3-4-10(8-11)9-13/h3-8H,2H2,1H3. The van der Waals surface area contributed by atoms with E-state index in [9.17, 15) is 0 Å². The molecule has 0 aliphatic heterocycles. The van der Waals surface area contributed by atoms with Gasteiger partial charge in [0.1, 0.15) is 5.82 Å². The highest BCUT2D eigenvalue weighted by atomic mass is 15.1. The molecular weight excluding hydrogens is 186 g/mol. The number of benzene rings is 1. The first kappa shape index (κ1) is 9.47. The number of nitriles is 1. The molecule has 0 spiro atoms. The monoisotopic (exact) mass is 197 g/mol. The normalized spacial score (nSPS) is 9.87. The third-order valence-corrected chi connectivity index (χ3v) is 2.29. The number of nitrogens with zero attached hydrogens (tertiary/aromatic N) is 3. The third-order valence-electron chi connectivity index (χ3n) is 2.29. The molecule has 0 bridgehead atoms. The molecule has 0 radical (unpaired) electrons. The number of aromatic nitrogens is 2. The number of hydrogen-bond donors (Lipinski definition) is 0. The minimum absolute atomic E-state index is 0.670. The van der Waals surface area contributed by atoms with Gasteiger partial charge in [-0.1, -0.05) is 13.0 Å². The van der Waals surface area contributed by atoms with E-state index >= 15 is 0 Å². The van der Waals surface area contributed by atoms with Gasteiger partial charge in [0.25, 0.3) is 0 Å². The Kier molecular flexibility index (Phi) is 2.51. The molecule has 0 amide bonds. The van der Waals surface area contributed by atoms with E-state index in [1.807, 2.05) is 29.0 Å². The van der Waals surface area contributed by atoms with Crippen LogP contribution in [0.5, 0.6) is 0 Å². The van der Waals surface area contributed by atoms with E-state index in [2.05, 4.69) is 18.0 Å². The Bertz CT molecular complexity index is 506. The van der Waals surface area contributed by atoms with Crippen LogP contribution in [0.25, 0.3) is 5.69 Å². The predicted molar refractivity (Wildman–Crippen MR) is 57.7 cm³/mol. The molecule has 2 rings (SSSR count). The van der Waals surface area contributed by atoms with Crippen LogP contribution in [0.15, 0.2) is 36.7 Å². The van der Waals surface area contributed by atoms with Gasteiger partial charge in [-0.3, -0.25) is 0 Å². The minimum atomic E-state index is 0.670. The lowest BCUT2D eigenvalue weighted by Crippen LogP contribution is -1.98. The summed E-state index contributed by atoms with van der Waals surface area (Å²) in [7, 11) is 0. The lowest BCUT2D eigenvalue weighted by molar-refractivity contribution is 0.891. The Balaban J connectivity index is 2.50. The van der Waals surface area contributed by atoms with Crippen molar-refractivity contribution >= 4 is 0 Å². The van der Waals surface area contributed by atoms with Crippen molar-refractivity contribution in [1.29, 1.82) is 5.26 Å². The molecule has 74 valence electrons. The van der Waals surface area contributed by atoms with Crippen molar-refractivity contribution in [1.82, 2.24) is 9.55 Å². The topological polar surface area (TPSA) is 41.6 Å². The lowest BCUT2D eigenvalue weighted by Gasteiger charge is -2.05. The van der Waals surface area contributed by atoms with Gasteiger partial charge in [0.2, 0.25) is 0 Å². The summed E-state index contributed by atoms with van der Waals surface area (Å²) in [6.07, 6.45) is 4.57. The Morgan fingerprint density at radius 1 is 1.47 bits per heavy atom. The fourth-order valence-corrected chi connectivity index (χ4v) is 1.56. The number of imidazole rings is 1. The quantitative estimate of drug-likeness (QED) is 0.741. The van der Waals surface area contributed by atoms with Gasteiger partial charge in [-0.15, -0.1) is 0 Å². The van der Waals surface area contributed by atoms with E-state index in [0.717, 1.165) is 17.9 Å². The first-order chi connectivity index (χ1) is 7.35. The predicted octanol–water partition coefficient (Wildman–Crippen LogP) is 2.31. The van der Waals surface area contributed by atoms with E-state index in [1.54, 1.807) is 12.3 Å². The Morgan fingerprint density at radius 2 is 2.33 bits per heavy atom. The average Bonchev–Trinajstić information content (AvgIpc) is 2.77. The second kappa shape index (κ2) is 3.97. The van der Waals surface area contributed by atoms with Gasteiger partial charge in [0, 0.05) is 24.5 Å². The number of aryl methyl sites for hydroxylation is 1. The molecule has 1 heterocycles. The van der Waals surface area contributed by atoms with Gasteiger partial charge in [-0.25, -0.2) is 4.98 Å².